The van der Waals surface area contributed by atoms with Gasteiger partial charge in [-0.15, -0.1) is 0 Å². The minimum Gasteiger partial charge on any atom is -0.494 e. The average Bonchev–Trinajstić information content (AvgIpc) is 3.13. The molecule has 0 saturated carbocycles. The van der Waals surface area contributed by atoms with E-state index >= 15 is 0 Å². The Kier molecular flexibility index (Phi) is 5.48. The van der Waals surface area contributed by atoms with Crippen LogP contribution in [0.5, 0.6) is 5.75 Å². The van der Waals surface area contributed by atoms with Gasteiger partial charge in [0.15, 0.2) is 0 Å². The van der Waals surface area contributed by atoms with Crippen molar-refractivity contribution in [3.63, 3.8) is 0 Å². The average molecular weight is 390 g/mol. The molecule has 3 rings (SSSR count). The summed E-state index contributed by atoms with van der Waals surface area (Å²) in [5, 5.41) is 11.2. The second kappa shape index (κ2) is 7.66. The zero-order valence-corrected chi connectivity index (χ0v) is 16.1. The van der Waals surface area contributed by atoms with Crippen molar-refractivity contribution in [1.82, 2.24) is 4.31 Å². The molecule has 1 aliphatic heterocycles. The van der Waals surface area contributed by atoms with Crippen LogP contribution in [0, 0.1) is 17.0 Å². The molecule has 2 aromatic carbocycles. The molecule has 0 radical (unpaired) electrons. The second-order valence-electron chi connectivity index (χ2n) is 6.48. The van der Waals surface area contributed by atoms with E-state index in [1.165, 1.54) is 16.4 Å². The fourth-order valence-electron chi connectivity index (χ4n) is 3.40. The van der Waals surface area contributed by atoms with E-state index in [0.717, 1.165) is 23.8 Å². The summed E-state index contributed by atoms with van der Waals surface area (Å²) in [6.07, 6.45) is 1.45. The number of ether oxygens (including phenoxy) is 1. The van der Waals surface area contributed by atoms with Crippen molar-refractivity contribution < 1.29 is 18.1 Å². The molecule has 1 fully saturated rings. The fourth-order valence-corrected chi connectivity index (χ4v) is 5.10. The number of benzene rings is 2. The molecule has 144 valence electrons. The topological polar surface area (TPSA) is 89.8 Å². The third kappa shape index (κ3) is 3.81. The van der Waals surface area contributed by atoms with Crippen LogP contribution in [0.2, 0.25) is 0 Å². The van der Waals surface area contributed by atoms with Gasteiger partial charge in [0.2, 0.25) is 10.0 Å². The highest BCUT2D eigenvalue weighted by Crippen LogP contribution is 2.37. The molecule has 1 saturated heterocycles. The first-order valence-corrected chi connectivity index (χ1v) is 10.3. The molecular formula is C19H22N2O5S. The van der Waals surface area contributed by atoms with Crippen molar-refractivity contribution >= 4 is 15.7 Å². The third-order valence-corrected chi connectivity index (χ3v) is 6.67. The lowest BCUT2D eigenvalue weighted by atomic mass is 10.1. The maximum absolute atomic E-state index is 13.2. The monoisotopic (exact) mass is 390 g/mol. The molecule has 0 aromatic heterocycles. The highest BCUT2D eigenvalue weighted by molar-refractivity contribution is 7.89. The van der Waals surface area contributed by atoms with Crippen LogP contribution in [0.4, 0.5) is 5.69 Å². The van der Waals surface area contributed by atoms with E-state index in [0.29, 0.717) is 25.1 Å². The summed E-state index contributed by atoms with van der Waals surface area (Å²) in [5.74, 6) is 0.739. The quantitative estimate of drug-likeness (QED) is 0.552. The molecule has 1 heterocycles. The van der Waals surface area contributed by atoms with Gasteiger partial charge in [-0.25, -0.2) is 8.42 Å². The maximum atomic E-state index is 13.2. The molecular weight excluding hydrogens is 368 g/mol. The Morgan fingerprint density at radius 3 is 2.56 bits per heavy atom. The van der Waals surface area contributed by atoms with Crippen LogP contribution in [-0.2, 0) is 10.0 Å². The lowest BCUT2D eigenvalue weighted by molar-refractivity contribution is -0.385. The predicted molar refractivity (Wildman–Crippen MR) is 101 cm³/mol. The van der Waals surface area contributed by atoms with E-state index in [1.54, 1.807) is 6.92 Å². The van der Waals surface area contributed by atoms with Gasteiger partial charge < -0.3 is 4.74 Å². The van der Waals surface area contributed by atoms with Gasteiger partial charge in [-0.3, -0.25) is 10.1 Å². The van der Waals surface area contributed by atoms with Crippen LogP contribution in [0.25, 0.3) is 0 Å². The molecule has 0 aliphatic carbocycles. The van der Waals surface area contributed by atoms with Gasteiger partial charge in [0.1, 0.15) is 5.75 Å². The second-order valence-corrected chi connectivity index (χ2v) is 8.37. The number of hydrogen-bond donors (Lipinski definition) is 0. The van der Waals surface area contributed by atoms with Gasteiger partial charge in [0.25, 0.3) is 5.69 Å². The van der Waals surface area contributed by atoms with Crippen molar-refractivity contribution in [2.75, 3.05) is 13.2 Å². The van der Waals surface area contributed by atoms with E-state index in [4.69, 9.17) is 4.74 Å². The van der Waals surface area contributed by atoms with Gasteiger partial charge in [0.05, 0.1) is 22.5 Å². The van der Waals surface area contributed by atoms with Crippen LogP contribution >= 0.6 is 0 Å². The Bertz CT molecular complexity index is 941. The van der Waals surface area contributed by atoms with Crippen molar-refractivity contribution in [2.45, 2.75) is 37.6 Å². The minimum absolute atomic E-state index is 0.0439. The first-order chi connectivity index (χ1) is 12.8. The summed E-state index contributed by atoms with van der Waals surface area (Å²) < 4.78 is 33.2. The van der Waals surface area contributed by atoms with Crippen LogP contribution < -0.4 is 4.74 Å². The van der Waals surface area contributed by atoms with Crippen molar-refractivity contribution in [1.29, 1.82) is 0 Å². The third-order valence-electron chi connectivity index (χ3n) is 4.76. The van der Waals surface area contributed by atoms with Gasteiger partial charge in [-0.1, -0.05) is 18.2 Å². The molecule has 0 spiro atoms. The number of hydrogen-bond acceptors (Lipinski definition) is 5. The standard InChI is InChI=1S/C19H22N2O5S/c1-3-26-16-9-7-15(8-10-16)18-5-4-12-20(18)27(24,25)17-11-6-14(2)19(13-17)21(22)23/h6-11,13,18H,3-5,12H2,1-2H3. The molecule has 7 nitrogen and oxygen atoms in total. The first-order valence-electron chi connectivity index (χ1n) is 8.84. The van der Waals surface area contributed by atoms with Crippen LogP contribution in [0.15, 0.2) is 47.4 Å². The Hall–Kier alpha value is -2.45. The van der Waals surface area contributed by atoms with Crippen LogP contribution in [0.1, 0.15) is 36.9 Å². The zero-order valence-electron chi connectivity index (χ0n) is 15.3. The number of sulfonamides is 1. The molecule has 1 unspecified atom stereocenters. The van der Waals surface area contributed by atoms with Crippen LogP contribution in [0.3, 0.4) is 0 Å². The molecule has 27 heavy (non-hydrogen) atoms. The summed E-state index contributed by atoms with van der Waals surface area (Å²) in [7, 11) is -3.83. The molecule has 0 amide bonds. The Morgan fingerprint density at radius 2 is 1.93 bits per heavy atom. The highest BCUT2D eigenvalue weighted by atomic mass is 32.2. The lowest BCUT2D eigenvalue weighted by Crippen LogP contribution is -2.30. The van der Waals surface area contributed by atoms with Crippen molar-refractivity contribution in [3.8, 4) is 5.75 Å². The van der Waals surface area contributed by atoms with Crippen molar-refractivity contribution in [3.05, 3.63) is 63.7 Å². The fraction of sp³-hybridized carbons (Fsp3) is 0.368. The van der Waals surface area contributed by atoms with E-state index in [2.05, 4.69) is 0 Å². The molecule has 1 aliphatic rings. The molecule has 0 N–H and O–H groups in total. The summed E-state index contributed by atoms with van der Waals surface area (Å²) in [5.41, 5.74) is 1.14. The summed E-state index contributed by atoms with van der Waals surface area (Å²) in [6.45, 7) is 4.45. The number of rotatable bonds is 6. The van der Waals surface area contributed by atoms with Gasteiger partial charge in [0, 0.05) is 18.2 Å². The summed E-state index contributed by atoms with van der Waals surface area (Å²) >= 11 is 0. The molecule has 2 aromatic rings. The van der Waals surface area contributed by atoms with Crippen molar-refractivity contribution in [2.24, 2.45) is 0 Å². The van der Waals surface area contributed by atoms with Crippen LogP contribution in [-0.4, -0.2) is 30.8 Å². The van der Waals surface area contributed by atoms with E-state index in [1.807, 2.05) is 31.2 Å². The number of aryl methyl sites for hydroxylation is 1. The van der Waals surface area contributed by atoms with E-state index in [-0.39, 0.29) is 16.6 Å². The summed E-state index contributed by atoms with van der Waals surface area (Å²) in [6, 6.07) is 11.2. The largest absolute Gasteiger partial charge is 0.494 e. The molecule has 0 bridgehead atoms. The first kappa shape index (κ1) is 19.3. The van der Waals surface area contributed by atoms with Gasteiger partial charge in [-0.05, 0) is 50.5 Å². The Morgan fingerprint density at radius 1 is 1.22 bits per heavy atom. The zero-order chi connectivity index (χ0) is 19.6. The smallest absolute Gasteiger partial charge is 0.273 e. The Balaban J connectivity index is 1.93. The number of nitro benzene ring substituents is 1. The van der Waals surface area contributed by atoms with Gasteiger partial charge >= 0.3 is 0 Å². The Labute approximate surface area is 158 Å². The molecule has 1 atom stereocenters. The highest BCUT2D eigenvalue weighted by Gasteiger charge is 2.36. The SMILES string of the molecule is CCOc1ccc(C2CCCN2S(=O)(=O)c2ccc(C)c([N+](=O)[O-])c2)cc1. The minimum atomic E-state index is -3.83. The van der Waals surface area contributed by atoms with Gasteiger partial charge in [-0.2, -0.15) is 4.31 Å². The lowest BCUT2D eigenvalue weighted by Gasteiger charge is -2.24. The number of nitrogens with zero attached hydrogens (tertiary/aromatic N) is 2. The normalized spacial score (nSPS) is 17.8. The maximum Gasteiger partial charge on any atom is 0.273 e. The predicted octanol–water partition coefficient (Wildman–Crippen LogP) is 3.83. The van der Waals surface area contributed by atoms with E-state index in [9.17, 15) is 18.5 Å². The summed E-state index contributed by atoms with van der Waals surface area (Å²) in [4.78, 5) is 10.6. The number of nitro groups is 1. The van der Waals surface area contributed by atoms with E-state index < -0.39 is 14.9 Å². The molecule has 8 heteroatoms.